The minimum Gasteiger partial charge on any atom is -0.744 e. The zero-order valence-electron chi connectivity index (χ0n) is 13.1. The molecule has 7 nitrogen and oxygen atoms in total. The van der Waals surface area contributed by atoms with Gasteiger partial charge in [-0.1, -0.05) is 23.5 Å². The number of benzene rings is 2. The van der Waals surface area contributed by atoms with Gasteiger partial charge in [-0.25, -0.2) is 13.4 Å². The molecule has 0 spiro atoms. The molecular formula is C16H13N2O5S2-. The van der Waals surface area contributed by atoms with Gasteiger partial charge in [0.15, 0.2) is 5.13 Å². The lowest BCUT2D eigenvalue weighted by molar-refractivity contribution is 0.102. The van der Waals surface area contributed by atoms with Crippen molar-refractivity contribution in [2.75, 3.05) is 11.9 Å². The van der Waals surface area contributed by atoms with E-state index in [4.69, 9.17) is 4.74 Å². The minimum atomic E-state index is -4.75. The van der Waals surface area contributed by atoms with Gasteiger partial charge in [0.2, 0.25) is 0 Å². The summed E-state index contributed by atoms with van der Waals surface area (Å²) < 4.78 is 40.1. The highest BCUT2D eigenvalue weighted by Gasteiger charge is 2.17. The fourth-order valence-corrected chi connectivity index (χ4v) is 3.82. The van der Waals surface area contributed by atoms with Gasteiger partial charge in [0.25, 0.3) is 5.91 Å². The Morgan fingerprint density at radius 1 is 1.28 bits per heavy atom. The molecule has 0 aliphatic carbocycles. The van der Waals surface area contributed by atoms with Crippen molar-refractivity contribution in [2.45, 2.75) is 11.8 Å². The maximum Gasteiger partial charge on any atom is 0.258 e. The van der Waals surface area contributed by atoms with Crippen molar-refractivity contribution in [2.24, 2.45) is 0 Å². The van der Waals surface area contributed by atoms with Gasteiger partial charge in [-0.05, 0) is 37.3 Å². The van der Waals surface area contributed by atoms with E-state index in [1.54, 1.807) is 12.1 Å². The van der Waals surface area contributed by atoms with Crippen LogP contribution in [0.15, 0.2) is 47.4 Å². The Hall–Kier alpha value is -2.49. The molecule has 0 saturated carbocycles. The topological polar surface area (TPSA) is 108 Å². The molecule has 25 heavy (non-hydrogen) atoms. The number of aromatic nitrogens is 1. The van der Waals surface area contributed by atoms with Crippen LogP contribution in [0.1, 0.15) is 17.3 Å². The number of anilines is 1. The average Bonchev–Trinajstić information content (AvgIpc) is 2.96. The largest absolute Gasteiger partial charge is 0.744 e. The number of carbonyl (C=O) groups is 1. The molecule has 0 bridgehead atoms. The molecule has 2 aromatic carbocycles. The number of amides is 1. The minimum absolute atomic E-state index is 0.216. The second-order valence-corrected chi connectivity index (χ2v) is 7.36. The SMILES string of the molecule is CCOc1ccc2nc(NC(=O)c3ccccc3S(=O)(=O)[O-])sc2c1. The number of ether oxygens (including phenoxy) is 1. The zero-order valence-corrected chi connectivity index (χ0v) is 14.7. The maximum absolute atomic E-state index is 12.4. The predicted octanol–water partition coefficient (Wildman–Crippen LogP) is 2.85. The van der Waals surface area contributed by atoms with Gasteiger partial charge in [-0.2, -0.15) is 0 Å². The molecule has 1 N–H and O–H groups in total. The van der Waals surface area contributed by atoms with Crippen LogP contribution in [-0.4, -0.2) is 30.5 Å². The van der Waals surface area contributed by atoms with Crippen LogP contribution >= 0.6 is 11.3 Å². The molecule has 1 amide bonds. The Morgan fingerprint density at radius 2 is 2.04 bits per heavy atom. The second kappa shape index (κ2) is 6.79. The van der Waals surface area contributed by atoms with E-state index in [9.17, 15) is 17.8 Å². The van der Waals surface area contributed by atoms with Gasteiger partial charge in [0.1, 0.15) is 15.9 Å². The second-order valence-electron chi connectivity index (χ2n) is 4.99. The summed E-state index contributed by atoms with van der Waals surface area (Å²) >= 11 is 1.22. The molecule has 1 aromatic heterocycles. The first-order valence-corrected chi connectivity index (χ1v) is 9.50. The first kappa shape index (κ1) is 17.3. The Morgan fingerprint density at radius 3 is 2.76 bits per heavy atom. The highest BCUT2D eigenvalue weighted by Crippen LogP contribution is 2.30. The molecule has 0 aliphatic rings. The first-order valence-electron chi connectivity index (χ1n) is 7.28. The van der Waals surface area contributed by atoms with Crippen LogP contribution in [0.4, 0.5) is 5.13 Å². The van der Waals surface area contributed by atoms with Gasteiger partial charge >= 0.3 is 0 Å². The third-order valence-corrected chi connectivity index (χ3v) is 5.12. The number of hydrogen-bond donors (Lipinski definition) is 1. The summed E-state index contributed by atoms with van der Waals surface area (Å²) in [7, 11) is -4.75. The Kier molecular flexibility index (Phi) is 4.71. The van der Waals surface area contributed by atoms with Crippen LogP contribution in [0.3, 0.4) is 0 Å². The van der Waals surface area contributed by atoms with Gasteiger partial charge in [-0.15, -0.1) is 0 Å². The van der Waals surface area contributed by atoms with Crippen molar-refractivity contribution in [3.8, 4) is 5.75 Å². The van der Waals surface area contributed by atoms with E-state index in [2.05, 4.69) is 10.3 Å². The number of rotatable bonds is 5. The van der Waals surface area contributed by atoms with Crippen molar-refractivity contribution >= 4 is 42.7 Å². The van der Waals surface area contributed by atoms with Crippen molar-refractivity contribution in [1.29, 1.82) is 0 Å². The van der Waals surface area contributed by atoms with Crippen LogP contribution in [0, 0.1) is 0 Å². The molecule has 0 unspecified atom stereocenters. The van der Waals surface area contributed by atoms with E-state index < -0.39 is 20.9 Å². The lowest BCUT2D eigenvalue weighted by Crippen LogP contribution is -2.16. The molecule has 130 valence electrons. The summed E-state index contributed by atoms with van der Waals surface area (Å²) in [6.07, 6.45) is 0. The molecule has 3 aromatic rings. The number of nitrogens with one attached hydrogen (secondary N) is 1. The van der Waals surface area contributed by atoms with E-state index >= 15 is 0 Å². The normalized spacial score (nSPS) is 11.4. The van der Waals surface area contributed by atoms with Crippen LogP contribution < -0.4 is 10.1 Å². The van der Waals surface area contributed by atoms with Crippen LogP contribution in [0.2, 0.25) is 0 Å². The van der Waals surface area contributed by atoms with E-state index in [-0.39, 0.29) is 5.56 Å². The molecule has 0 atom stereocenters. The summed E-state index contributed by atoms with van der Waals surface area (Å²) in [6, 6.07) is 10.6. The average molecular weight is 377 g/mol. The number of nitrogens with zero attached hydrogens (tertiary/aromatic N) is 1. The van der Waals surface area contributed by atoms with Crippen LogP contribution in [0.5, 0.6) is 5.75 Å². The van der Waals surface area contributed by atoms with E-state index in [1.165, 1.54) is 29.5 Å². The summed E-state index contributed by atoms with van der Waals surface area (Å²) in [5.41, 5.74) is 0.459. The number of fused-ring (bicyclic) bond motifs is 1. The lowest BCUT2D eigenvalue weighted by atomic mass is 10.2. The zero-order chi connectivity index (χ0) is 18.0. The summed E-state index contributed by atoms with van der Waals surface area (Å²) in [5, 5.41) is 2.83. The molecule has 9 heteroatoms. The van der Waals surface area contributed by atoms with Crippen molar-refractivity contribution in [3.05, 3.63) is 48.0 Å². The van der Waals surface area contributed by atoms with E-state index in [0.29, 0.717) is 23.0 Å². The molecule has 0 radical (unpaired) electrons. The fourth-order valence-electron chi connectivity index (χ4n) is 2.25. The van der Waals surface area contributed by atoms with Gasteiger partial charge < -0.3 is 9.29 Å². The summed E-state index contributed by atoms with van der Waals surface area (Å²) in [6.45, 7) is 2.42. The summed E-state index contributed by atoms with van der Waals surface area (Å²) in [4.78, 5) is 16.1. The third-order valence-electron chi connectivity index (χ3n) is 3.29. The van der Waals surface area contributed by atoms with Gasteiger partial charge in [0, 0.05) is 0 Å². The number of hydrogen-bond acceptors (Lipinski definition) is 7. The monoisotopic (exact) mass is 377 g/mol. The third kappa shape index (κ3) is 3.78. The molecule has 0 aliphatic heterocycles. The van der Waals surface area contributed by atoms with Crippen molar-refractivity contribution < 1.29 is 22.5 Å². The predicted molar refractivity (Wildman–Crippen MR) is 93.1 cm³/mol. The molecule has 3 rings (SSSR count). The van der Waals surface area contributed by atoms with Crippen molar-refractivity contribution in [1.82, 2.24) is 4.98 Å². The standard InChI is InChI=1S/C16H14N2O5S2/c1-2-23-10-7-8-12-13(9-10)24-16(17-12)18-15(19)11-5-3-4-6-14(11)25(20,21)22/h3-9H,2H2,1H3,(H,17,18,19)(H,20,21,22)/p-1. The van der Waals surface area contributed by atoms with Crippen LogP contribution in [0.25, 0.3) is 10.2 Å². The highest BCUT2D eigenvalue weighted by molar-refractivity contribution is 7.85. The maximum atomic E-state index is 12.4. The van der Waals surface area contributed by atoms with E-state index in [1.807, 2.05) is 13.0 Å². The summed E-state index contributed by atoms with van der Waals surface area (Å²) in [5.74, 6) is -0.0153. The van der Waals surface area contributed by atoms with Crippen molar-refractivity contribution in [3.63, 3.8) is 0 Å². The quantitative estimate of drug-likeness (QED) is 0.685. The lowest BCUT2D eigenvalue weighted by Gasteiger charge is -2.11. The Labute approximate surface area is 148 Å². The molecule has 0 fully saturated rings. The van der Waals surface area contributed by atoms with Gasteiger partial charge in [-0.3, -0.25) is 10.1 Å². The number of carbonyl (C=O) groups excluding carboxylic acids is 1. The first-order chi connectivity index (χ1) is 11.9. The van der Waals surface area contributed by atoms with E-state index in [0.717, 1.165) is 10.8 Å². The fraction of sp³-hybridized carbons (Fsp3) is 0.125. The Balaban J connectivity index is 1.90. The van der Waals surface area contributed by atoms with Gasteiger partial charge in [0.05, 0.1) is 27.3 Å². The van der Waals surface area contributed by atoms with Crippen LogP contribution in [-0.2, 0) is 10.1 Å². The highest BCUT2D eigenvalue weighted by atomic mass is 32.2. The molecule has 1 heterocycles. The molecule has 0 saturated heterocycles. The molecular weight excluding hydrogens is 364 g/mol. The Bertz CT molecular complexity index is 1040. The number of thiazole rings is 1. The smallest absolute Gasteiger partial charge is 0.258 e.